The van der Waals surface area contributed by atoms with Gasteiger partial charge in [-0.3, -0.25) is 9.69 Å². The Hall–Kier alpha value is -1.23. The van der Waals surface area contributed by atoms with Crippen molar-refractivity contribution in [1.29, 1.82) is 0 Å². The Bertz CT molecular complexity index is 484. The average molecular weight is 290 g/mol. The van der Waals surface area contributed by atoms with Crippen LogP contribution in [0, 0.1) is 6.92 Å². The Morgan fingerprint density at radius 3 is 2.57 bits per heavy atom. The third kappa shape index (κ3) is 3.90. The summed E-state index contributed by atoms with van der Waals surface area (Å²) < 4.78 is 0. The topological polar surface area (TPSA) is 43.8 Å². The number of ketones is 1. The van der Waals surface area contributed by atoms with Gasteiger partial charge in [0, 0.05) is 24.7 Å². The van der Waals surface area contributed by atoms with Gasteiger partial charge in [0.2, 0.25) is 0 Å². The van der Waals surface area contributed by atoms with Crippen molar-refractivity contribution in [1.82, 2.24) is 9.80 Å². The van der Waals surface area contributed by atoms with Crippen LogP contribution < -0.4 is 0 Å². The Labute approximate surface area is 127 Å². The first-order chi connectivity index (χ1) is 9.88. The monoisotopic (exact) mass is 290 g/mol. The predicted octanol–water partition coefficient (Wildman–Crippen LogP) is 1.56. The van der Waals surface area contributed by atoms with E-state index in [2.05, 4.69) is 9.80 Å². The summed E-state index contributed by atoms with van der Waals surface area (Å²) in [5.74, 6) is 0.132. The fraction of sp³-hybridized carbons (Fsp3) is 0.588. The molecule has 1 aromatic rings. The molecule has 0 radical (unpaired) electrons. The number of aliphatic hydroxyl groups is 1. The van der Waals surface area contributed by atoms with Crippen LogP contribution in [0.1, 0.15) is 29.3 Å². The van der Waals surface area contributed by atoms with Gasteiger partial charge in [-0.1, -0.05) is 29.8 Å². The molecule has 0 aliphatic carbocycles. The van der Waals surface area contributed by atoms with Crippen molar-refractivity contribution in [3.05, 3.63) is 35.4 Å². The van der Waals surface area contributed by atoms with Gasteiger partial charge in [0.1, 0.15) is 0 Å². The number of hydrogen-bond donors (Lipinski definition) is 1. The van der Waals surface area contributed by atoms with Crippen LogP contribution in [0.15, 0.2) is 24.3 Å². The van der Waals surface area contributed by atoms with Gasteiger partial charge in [0.05, 0.1) is 12.1 Å². The van der Waals surface area contributed by atoms with Gasteiger partial charge >= 0.3 is 0 Å². The maximum atomic E-state index is 12.6. The van der Waals surface area contributed by atoms with Crippen molar-refractivity contribution in [2.24, 2.45) is 0 Å². The largest absolute Gasteiger partial charge is 0.392 e. The van der Waals surface area contributed by atoms with Crippen LogP contribution in [-0.2, 0) is 0 Å². The summed E-state index contributed by atoms with van der Waals surface area (Å²) in [7, 11) is 4.05. The summed E-state index contributed by atoms with van der Waals surface area (Å²) in [6.45, 7) is 5.41. The zero-order valence-electron chi connectivity index (χ0n) is 13.4. The van der Waals surface area contributed by atoms with Crippen molar-refractivity contribution in [2.75, 3.05) is 27.2 Å². The van der Waals surface area contributed by atoms with Gasteiger partial charge in [-0.2, -0.15) is 0 Å². The molecule has 0 saturated carbocycles. The zero-order valence-corrected chi connectivity index (χ0v) is 13.4. The highest BCUT2D eigenvalue weighted by Gasteiger charge is 2.36. The lowest BCUT2D eigenvalue weighted by atomic mass is 10.0. The van der Waals surface area contributed by atoms with Crippen LogP contribution in [0.2, 0.25) is 0 Å². The van der Waals surface area contributed by atoms with Gasteiger partial charge in [-0.15, -0.1) is 0 Å². The Morgan fingerprint density at radius 1 is 1.38 bits per heavy atom. The molecule has 2 rings (SSSR count). The highest BCUT2D eigenvalue weighted by molar-refractivity contribution is 5.99. The molecule has 0 aromatic heterocycles. The van der Waals surface area contributed by atoms with Gasteiger partial charge in [0.15, 0.2) is 5.78 Å². The van der Waals surface area contributed by atoms with Gasteiger partial charge < -0.3 is 10.0 Å². The molecule has 1 saturated heterocycles. The maximum Gasteiger partial charge on any atom is 0.179 e. The first kappa shape index (κ1) is 16.1. The Morgan fingerprint density at radius 2 is 2.00 bits per heavy atom. The average Bonchev–Trinajstić information content (AvgIpc) is 2.78. The maximum absolute atomic E-state index is 12.6. The van der Waals surface area contributed by atoms with E-state index in [-0.39, 0.29) is 24.0 Å². The molecule has 4 nitrogen and oxygen atoms in total. The number of carbonyl (C=O) groups is 1. The lowest BCUT2D eigenvalue weighted by Crippen LogP contribution is -2.46. The predicted molar refractivity (Wildman–Crippen MR) is 84.6 cm³/mol. The molecular weight excluding hydrogens is 264 g/mol. The van der Waals surface area contributed by atoms with E-state index in [0.717, 1.165) is 24.1 Å². The standard InChI is InChI=1S/C17H26N2O2/c1-12-5-7-14(8-6-12)17(21)13(2)19-11-16(20)9-15(19)10-18(3)4/h5-8,13,15-16,20H,9-11H2,1-4H3. The lowest BCUT2D eigenvalue weighted by molar-refractivity contribution is 0.0783. The van der Waals surface area contributed by atoms with Crippen molar-refractivity contribution in [3.8, 4) is 0 Å². The zero-order chi connectivity index (χ0) is 15.6. The quantitative estimate of drug-likeness (QED) is 0.836. The number of carbonyl (C=O) groups excluding carboxylic acids is 1. The molecule has 21 heavy (non-hydrogen) atoms. The second-order valence-electron chi connectivity index (χ2n) is 6.41. The lowest BCUT2D eigenvalue weighted by Gasteiger charge is -2.31. The van der Waals surface area contributed by atoms with Gasteiger partial charge in [-0.25, -0.2) is 0 Å². The van der Waals surface area contributed by atoms with Crippen LogP contribution in [0.3, 0.4) is 0 Å². The second-order valence-corrected chi connectivity index (χ2v) is 6.41. The summed E-state index contributed by atoms with van der Waals surface area (Å²) in [6, 6.07) is 7.75. The van der Waals surface area contributed by atoms with Crippen LogP contribution in [0.5, 0.6) is 0 Å². The number of hydrogen-bond acceptors (Lipinski definition) is 4. The van der Waals surface area contributed by atoms with Crippen LogP contribution in [0.4, 0.5) is 0 Å². The number of aliphatic hydroxyl groups excluding tert-OH is 1. The minimum atomic E-state index is -0.330. The van der Waals surface area contributed by atoms with E-state index < -0.39 is 0 Å². The summed E-state index contributed by atoms with van der Waals surface area (Å²) >= 11 is 0. The molecule has 1 aromatic carbocycles. The number of aryl methyl sites for hydroxylation is 1. The van der Waals surface area contributed by atoms with Gasteiger partial charge in [-0.05, 0) is 34.4 Å². The Kier molecular flexibility index (Phi) is 5.14. The van der Waals surface area contributed by atoms with E-state index in [1.54, 1.807) is 0 Å². The molecule has 116 valence electrons. The van der Waals surface area contributed by atoms with E-state index in [0.29, 0.717) is 6.54 Å². The molecule has 1 aliphatic heterocycles. The van der Waals surface area contributed by atoms with Crippen LogP contribution >= 0.6 is 0 Å². The molecular formula is C17H26N2O2. The number of likely N-dealkylation sites (tertiary alicyclic amines) is 1. The molecule has 1 aliphatic rings. The summed E-state index contributed by atoms with van der Waals surface area (Å²) in [5, 5.41) is 9.95. The molecule has 0 bridgehead atoms. The van der Waals surface area contributed by atoms with Crippen molar-refractivity contribution < 1.29 is 9.90 Å². The fourth-order valence-electron chi connectivity index (χ4n) is 3.10. The number of Topliss-reactive ketones (excluding diaryl/α,β-unsaturated/α-hetero) is 1. The van der Waals surface area contributed by atoms with Crippen LogP contribution in [-0.4, -0.2) is 66.1 Å². The number of nitrogens with zero attached hydrogens (tertiary/aromatic N) is 2. The van der Waals surface area contributed by atoms with E-state index in [1.165, 1.54) is 0 Å². The second kappa shape index (κ2) is 6.69. The first-order valence-electron chi connectivity index (χ1n) is 7.58. The number of β-amino-alcohol motifs (C(OH)–C–C–N with tert-alkyl or cyclic N) is 1. The number of likely N-dealkylation sites (N-methyl/N-ethyl adjacent to an activating group) is 1. The van der Waals surface area contributed by atoms with Crippen molar-refractivity contribution >= 4 is 5.78 Å². The number of rotatable bonds is 5. The molecule has 1 fully saturated rings. The molecule has 1 heterocycles. The van der Waals surface area contributed by atoms with Crippen LogP contribution in [0.25, 0.3) is 0 Å². The molecule has 4 heteroatoms. The highest BCUT2D eigenvalue weighted by Crippen LogP contribution is 2.23. The fourth-order valence-corrected chi connectivity index (χ4v) is 3.10. The third-order valence-corrected chi connectivity index (χ3v) is 4.22. The smallest absolute Gasteiger partial charge is 0.179 e. The summed E-state index contributed by atoms with van der Waals surface area (Å²) in [4.78, 5) is 16.9. The van der Waals surface area contributed by atoms with E-state index in [9.17, 15) is 9.90 Å². The number of benzene rings is 1. The summed E-state index contributed by atoms with van der Waals surface area (Å²) in [6.07, 6.45) is 0.409. The minimum Gasteiger partial charge on any atom is -0.392 e. The highest BCUT2D eigenvalue weighted by atomic mass is 16.3. The third-order valence-electron chi connectivity index (χ3n) is 4.22. The van der Waals surface area contributed by atoms with Crippen molar-refractivity contribution in [3.63, 3.8) is 0 Å². The SMILES string of the molecule is Cc1ccc(C(=O)C(C)N2CC(O)CC2CN(C)C)cc1. The molecule has 0 spiro atoms. The molecule has 0 amide bonds. The Balaban J connectivity index is 2.11. The van der Waals surface area contributed by atoms with Gasteiger partial charge in [0.25, 0.3) is 0 Å². The first-order valence-corrected chi connectivity index (χ1v) is 7.58. The normalized spacial score (nSPS) is 24.5. The van der Waals surface area contributed by atoms with E-state index in [4.69, 9.17) is 0 Å². The van der Waals surface area contributed by atoms with Crippen molar-refractivity contribution in [2.45, 2.75) is 38.5 Å². The van der Waals surface area contributed by atoms with E-state index in [1.807, 2.05) is 52.2 Å². The molecule has 3 atom stereocenters. The molecule has 1 N–H and O–H groups in total. The molecule has 3 unspecified atom stereocenters. The van der Waals surface area contributed by atoms with E-state index >= 15 is 0 Å². The minimum absolute atomic E-state index is 0.132. The summed E-state index contributed by atoms with van der Waals surface area (Å²) in [5.41, 5.74) is 1.90.